The van der Waals surface area contributed by atoms with Crippen molar-refractivity contribution in [2.24, 2.45) is 0 Å². The molecule has 23 heavy (non-hydrogen) atoms. The molecule has 0 aromatic carbocycles. The third-order valence-electron chi connectivity index (χ3n) is 2.96. The second-order valence-electron chi connectivity index (χ2n) is 5.20. The molecular formula is C15H27N3O5. The summed E-state index contributed by atoms with van der Waals surface area (Å²) in [5.74, 6) is -1.14. The molecule has 1 unspecified atom stereocenters. The lowest BCUT2D eigenvalue weighted by molar-refractivity contribution is -0.130. The van der Waals surface area contributed by atoms with E-state index in [-0.39, 0.29) is 36.7 Å². The van der Waals surface area contributed by atoms with Gasteiger partial charge in [0.25, 0.3) is 0 Å². The van der Waals surface area contributed by atoms with E-state index in [4.69, 9.17) is 4.74 Å². The Hall–Kier alpha value is -1.80. The summed E-state index contributed by atoms with van der Waals surface area (Å²) in [6, 6.07) is -0.816. The van der Waals surface area contributed by atoms with Gasteiger partial charge in [-0.25, -0.2) is 0 Å². The van der Waals surface area contributed by atoms with Crippen molar-refractivity contribution < 1.29 is 23.9 Å². The number of likely N-dealkylation sites (N-methyl/N-ethyl adjacent to an activating group) is 1. The molecule has 0 saturated heterocycles. The quantitative estimate of drug-likeness (QED) is 0.380. The maximum Gasteiger partial charge on any atom is 0.221 e. The number of hydrogen-bond acceptors (Lipinski definition) is 6. The van der Waals surface area contributed by atoms with Crippen molar-refractivity contribution >= 4 is 23.4 Å². The Labute approximate surface area is 136 Å². The first-order valence-corrected chi connectivity index (χ1v) is 7.65. The van der Waals surface area contributed by atoms with Crippen LogP contribution in [0.15, 0.2) is 0 Å². The Kier molecular flexibility index (Phi) is 11.7. The minimum absolute atomic E-state index is 0.0209. The van der Waals surface area contributed by atoms with Gasteiger partial charge >= 0.3 is 0 Å². The number of hydrogen-bond donors (Lipinski definition) is 3. The predicted octanol–water partition coefficient (Wildman–Crippen LogP) is -0.828. The smallest absolute Gasteiger partial charge is 0.221 e. The molecule has 1 atom stereocenters. The minimum Gasteiger partial charge on any atom is -0.378 e. The molecule has 0 aromatic rings. The van der Waals surface area contributed by atoms with Gasteiger partial charge in [0.05, 0.1) is 19.3 Å². The number of carbonyl (C=O) groups is 4. The maximum absolute atomic E-state index is 11.7. The zero-order valence-corrected chi connectivity index (χ0v) is 14.1. The first-order chi connectivity index (χ1) is 10.9. The molecule has 3 N–H and O–H groups in total. The molecule has 0 rings (SSSR count). The second-order valence-corrected chi connectivity index (χ2v) is 5.20. The van der Waals surface area contributed by atoms with E-state index in [0.29, 0.717) is 19.8 Å². The van der Waals surface area contributed by atoms with E-state index < -0.39 is 11.9 Å². The standard InChI is InChI=1S/C15H27N3O5/c1-11(19)10-13(12(2)20)18-15(22)5-4-14(21)17-7-9-23-8-6-16-3/h13,16H,4-10H2,1-3H3,(H,17,21)(H,18,22). The Morgan fingerprint density at radius 2 is 1.57 bits per heavy atom. The van der Waals surface area contributed by atoms with Crippen LogP contribution >= 0.6 is 0 Å². The van der Waals surface area contributed by atoms with E-state index in [2.05, 4.69) is 16.0 Å². The number of carbonyl (C=O) groups excluding carboxylic acids is 4. The Morgan fingerprint density at radius 1 is 0.957 bits per heavy atom. The van der Waals surface area contributed by atoms with Crippen LogP contribution in [0.25, 0.3) is 0 Å². The fourth-order valence-corrected chi connectivity index (χ4v) is 1.70. The summed E-state index contributed by atoms with van der Waals surface area (Å²) in [6.07, 6.45) is -0.0433. The van der Waals surface area contributed by atoms with E-state index >= 15 is 0 Å². The van der Waals surface area contributed by atoms with Gasteiger partial charge in [-0.2, -0.15) is 0 Å². The molecule has 8 heteroatoms. The largest absolute Gasteiger partial charge is 0.378 e. The average Bonchev–Trinajstić information content (AvgIpc) is 2.47. The zero-order valence-electron chi connectivity index (χ0n) is 14.1. The van der Waals surface area contributed by atoms with Crippen LogP contribution in [-0.2, 0) is 23.9 Å². The van der Waals surface area contributed by atoms with Gasteiger partial charge in [-0.15, -0.1) is 0 Å². The van der Waals surface area contributed by atoms with Gasteiger partial charge in [-0.05, 0) is 20.9 Å². The predicted molar refractivity (Wildman–Crippen MR) is 84.9 cm³/mol. The maximum atomic E-state index is 11.7. The SMILES string of the molecule is CNCCOCCNC(=O)CCC(=O)NC(CC(C)=O)C(C)=O. The van der Waals surface area contributed by atoms with Crippen molar-refractivity contribution in [1.82, 2.24) is 16.0 Å². The first kappa shape index (κ1) is 21.2. The van der Waals surface area contributed by atoms with Crippen LogP contribution in [0.5, 0.6) is 0 Å². The topological polar surface area (TPSA) is 114 Å². The number of ether oxygens (including phenoxy) is 1. The molecular weight excluding hydrogens is 302 g/mol. The lowest BCUT2D eigenvalue weighted by Gasteiger charge is -2.14. The van der Waals surface area contributed by atoms with Crippen molar-refractivity contribution in [3.05, 3.63) is 0 Å². The highest BCUT2D eigenvalue weighted by molar-refractivity contribution is 5.92. The van der Waals surface area contributed by atoms with Gasteiger partial charge in [-0.1, -0.05) is 0 Å². The number of ketones is 2. The van der Waals surface area contributed by atoms with Gasteiger partial charge in [0.15, 0.2) is 5.78 Å². The Balaban J connectivity index is 3.87. The molecule has 0 aliphatic rings. The van der Waals surface area contributed by atoms with Crippen molar-refractivity contribution in [1.29, 1.82) is 0 Å². The van der Waals surface area contributed by atoms with E-state index in [1.807, 2.05) is 7.05 Å². The average molecular weight is 329 g/mol. The highest BCUT2D eigenvalue weighted by Gasteiger charge is 2.19. The second kappa shape index (κ2) is 12.7. The minimum atomic E-state index is -0.816. The van der Waals surface area contributed by atoms with E-state index in [9.17, 15) is 19.2 Å². The molecule has 0 fully saturated rings. The molecule has 0 radical (unpaired) electrons. The van der Waals surface area contributed by atoms with Crippen LogP contribution in [0.2, 0.25) is 0 Å². The van der Waals surface area contributed by atoms with E-state index in [1.54, 1.807) is 0 Å². The monoisotopic (exact) mass is 329 g/mol. The summed E-state index contributed by atoms with van der Waals surface area (Å²) >= 11 is 0. The van der Waals surface area contributed by atoms with Crippen LogP contribution < -0.4 is 16.0 Å². The van der Waals surface area contributed by atoms with Crippen molar-refractivity contribution in [2.45, 2.75) is 39.2 Å². The summed E-state index contributed by atoms with van der Waals surface area (Å²) in [5, 5.41) is 8.04. The van der Waals surface area contributed by atoms with Crippen LogP contribution in [-0.4, -0.2) is 62.8 Å². The first-order valence-electron chi connectivity index (χ1n) is 7.65. The highest BCUT2D eigenvalue weighted by atomic mass is 16.5. The molecule has 8 nitrogen and oxygen atoms in total. The third kappa shape index (κ3) is 12.4. The highest BCUT2D eigenvalue weighted by Crippen LogP contribution is 1.98. The summed E-state index contributed by atoms with van der Waals surface area (Å²) in [4.78, 5) is 45.6. The summed E-state index contributed by atoms with van der Waals surface area (Å²) < 4.78 is 5.24. The molecule has 0 aromatic heterocycles. The van der Waals surface area contributed by atoms with Crippen LogP contribution in [0.1, 0.15) is 33.1 Å². The molecule has 0 saturated carbocycles. The number of rotatable bonds is 13. The van der Waals surface area contributed by atoms with Gasteiger partial charge < -0.3 is 20.7 Å². The van der Waals surface area contributed by atoms with Crippen molar-refractivity contribution in [3.8, 4) is 0 Å². The van der Waals surface area contributed by atoms with Crippen LogP contribution in [0, 0.1) is 0 Å². The Bertz CT molecular complexity index is 412. The molecule has 0 aliphatic heterocycles. The summed E-state index contributed by atoms with van der Waals surface area (Å²) in [6.45, 7) is 4.76. The number of Topliss-reactive ketones (excluding diaryl/α,β-unsaturated/α-hetero) is 2. The van der Waals surface area contributed by atoms with E-state index in [1.165, 1.54) is 13.8 Å². The van der Waals surface area contributed by atoms with Gasteiger partial charge in [0, 0.05) is 32.4 Å². The lowest BCUT2D eigenvalue weighted by atomic mass is 10.1. The van der Waals surface area contributed by atoms with Crippen LogP contribution in [0.4, 0.5) is 0 Å². The summed E-state index contributed by atoms with van der Waals surface area (Å²) in [5.41, 5.74) is 0. The number of amides is 2. The molecule has 132 valence electrons. The molecule has 0 aliphatic carbocycles. The molecule has 0 heterocycles. The van der Waals surface area contributed by atoms with Gasteiger partial charge in [0.1, 0.15) is 5.78 Å². The fourth-order valence-electron chi connectivity index (χ4n) is 1.70. The molecule has 2 amide bonds. The molecule has 0 bridgehead atoms. The summed E-state index contributed by atoms with van der Waals surface area (Å²) in [7, 11) is 1.82. The molecule has 0 spiro atoms. The Morgan fingerprint density at radius 3 is 2.13 bits per heavy atom. The van der Waals surface area contributed by atoms with Crippen LogP contribution in [0.3, 0.4) is 0 Å². The van der Waals surface area contributed by atoms with E-state index in [0.717, 1.165) is 6.54 Å². The van der Waals surface area contributed by atoms with Gasteiger partial charge in [-0.3, -0.25) is 19.2 Å². The number of nitrogens with one attached hydrogen (secondary N) is 3. The lowest BCUT2D eigenvalue weighted by Crippen LogP contribution is -2.41. The fraction of sp³-hybridized carbons (Fsp3) is 0.733. The zero-order chi connectivity index (χ0) is 17.7. The normalized spacial score (nSPS) is 11.6. The third-order valence-corrected chi connectivity index (χ3v) is 2.96. The van der Waals surface area contributed by atoms with Gasteiger partial charge in [0.2, 0.25) is 11.8 Å². The van der Waals surface area contributed by atoms with Crippen molar-refractivity contribution in [3.63, 3.8) is 0 Å². The van der Waals surface area contributed by atoms with Crippen molar-refractivity contribution in [2.75, 3.05) is 33.4 Å².